The largest absolute Gasteiger partial charge is 0.495 e. The third-order valence-corrected chi connectivity index (χ3v) is 7.11. The fourth-order valence-corrected chi connectivity index (χ4v) is 4.98. The van der Waals surface area contributed by atoms with Gasteiger partial charge in [0.2, 0.25) is 15.9 Å². The standard InChI is InChI=1S/C19H27N3O4S/c1-21-9-11-22(12-10-21)27(24,25)16-7-8-18(26-2)17(14-16)20-19(23)13-15-5-3-4-6-15/h3,5,7-8,14-15H,4,6,9-13H2,1-2H3,(H,20,23)/p+1/t15-/m0/s1. The molecule has 2 N–H and O–H groups in total. The Morgan fingerprint density at radius 2 is 2.07 bits per heavy atom. The van der Waals surface area contributed by atoms with E-state index >= 15 is 0 Å². The number of quaternary nitrogens is 1. The molecule has 1 heterocycles. The lowest BCUT2D eigenvalue weighted by molar-refractivity contribution is -0.883. The second-order valence-electron chi connectivity index (χ2n) is 7.24. The van der Waals surface area contributed by atoms with E-state index in [1.807, 2.05) is 0 Å². The van der Waals surface area contributed by atoms with Gasteiger partial charge in [-0.05, 0) is 37.0 Å². The van der Waals surface area contributed by atoms with Crippen molar-refractivity contribution in [3.05, 3.63) is 30.4 Å². The number of sulfonamides is 1. The van der Waals surface area contributed by atoms with Crippen LogP contribution in [0, 0.1) is 5.92 Å². The molecule has 8 heteroatoms. The number of anilines is 1. The van der Waals surface area contributed by atoms with E-state index in [1.165, 1.54) is 28.4 Å². The average molecular weight is 395 g/mol. The van der Waals surface area contributed by atoms with E-state index in [4.69, 9.17) is 4.74 Å². The molecule has 1 aromatic rings. The number of allylic oxidation sites excluding steroid dienone is 2. The molecule has 0 radical (unpaired) electrons. The van der Waals surface area contributed by atoms with Gasteiger partial charge in [-0.3, -0.25) is 4.79 Å². The number of piperazine rings is 1. The van der Waals surface area contributed by atoms with Crippen LogP contribution in [0.4, 0.5) is 5.69 Å². The van der Waals surface area contributed by atoms with E-state index in [9.17, 15) is 13.2 Å². The second kappa shape index (κ2) is 8.41. The number of ether oxygens (including phenoxy) is 1. The highest BCUT2D eigenvalue weighted by molar-refractivity contribution is 7.89. The van der Waals surface area contributed by atoms with Crippen LogP contribution in [0.3, 0.4) is 0 Å². The number of benzene rings is 1. The van der Waals surface area contributed by atoms with Crippen LogP contribution in [0.5, 0.6) is 5.75 Å². The zero-order valence-electron chi connectivity index (χ0n) is 15.9. The van der Waals surface area contributed by atoms with Crippen LogP contribution in [-0.2, 0) is 14.8 Å². The van der Waals surface area contributed by atoms with Crippen molar-refractivity contribution in [1.82, 2.24) is 4.31 Å². The van der Waals surface area contributed by atoms with E-state index in [0.717, 1.165) is 25.9 Å². The molecule has 2 aliphatic rings. The van der Waals surface area contributed by atoms with Gasteiger partial charge in [-0.2, -0.15) is 4.31 Å². The monoisotopic (exact) mass is 394 g/mol. The maximum Gasteiger partial charge on any atom is 0.243 e. The van der Waals surface area contributed by atoms with Crippen LogP contribution in [0.15, 0.2) is 35.2 Å². The van der Waals surface area contributed by atoms with Crippen LogP contribution in [0.1, 0.15) is 19.3 Å². The lowest BCUT2D eigenvalue weighted by Gasteiger charge is -2.29. The summed E-state index contributed by atoms with van der Waals surface area (Å²) in [6, 6.07) is 4.63. The van der Waals surface area contributed by atoms with E-state index < -0.39 is 10.0 Å². The SMILES string of the molecule is COc1ccc(S(=O)(=O)N2CC[NH+](C)CC2)cc1NC(=O)C[C@H]1C=CCC1. The molecule has 148 valence electrons. The molecule has 0 unspecified atom stereocenters. The Kier molecular flexibility index (Phi) is 6.18. The first kappa shape index (κ1) is 19.9. The Balaban J connectivity index is 1.78. The highest BCUT2D eigenvalue weighted by atomic mass is 32.2. The first-order valence-electron chi connectivity index (χ1n) is 9.36. The summed E-state index contributed by atoms with van der Waals surface area (Å²) in [5.74, 6) is 0.561. The van der Waals surface area contributed by atoms with Gasteiger partial charge in [0.1, 0.15) is 5.75 Å². The maximum atomic E-state index is 13.0. The molecule has 1 saturated heterocycles. The molecule has 3 rings (SSSR count). The Bertz CT molecular complexity index is 814. The normalized spacial score (nSPS) is 21.3. The van der Waals surface area contributed by atoms with Crippen molar-refractivity contribution in [3.63, 3.8) is 0 Å². The number of rotatable bonds is 6. The molecular formula is C19H28N3O4S+. The third kappa shape index (κ3) is 4.69. The van der Waals surface area contributed by atoms with E-state index in [-0.39, 0.29) is 16.7 Å². The molecule has 1 aliphatic heterocycles. The number of hydrogen-bond donors (Lipinski definition) is 2. The highest BCUT2D eigenvalue weighted by Gasteiger charge is 2.30. The van der Waals surface area contributed by atoms with Gasteiger partial charge in [-0.15, -0.1) is 0 Å². The number of methoxy groups -OCH3 is 1. The van der Waals surface area contributed by atoms with Crippen LogP contribution in [0.2, 0.25) is 0 Å². The van der Waals surface area contributed by atoms with Crippen molar-refractivity contribution in [3.8, 4) is 5.75 Å². The number of amides is 1. The summed E-state index contributed by atoms with van der Waals surface area (Å²) in [6.45, 7) is 2.56. The number of carbonyl (C=O) groups excluding carboxylic acids is 1. The average Bonchev–Trinajstić information content (AvgIpc) is 3.14. The molecule has 1 atom stereocenters. The zero-order valence-corrected chi connectivity index (χ0v) is 16.7. The van der Waals surface area contributed by atoms with Gasteiger partial charge in [0.25, 0.3) is 0 Å². The molecule has 1 fully saturated rings. The van der Waals surface area contributed by atoms with Crippen LogP contribution in [-0.4, -0.2) is 59.0 Å². The summed E-state index contributed by atoms with van der Waals surface area (Å²) in [6.07, 6.45) is 6.51. The minimum atomic E-state index is -3.59. The molecule has 1 amide bonds. The summed E-state index contributed by atoms with van der Waals surface area (Å²) in [5.41, 5.74) is 0.394. The van der Waals surface area contributed by atoms with Crippen molar-refractivity contribution >= 4 is 21.6 Å². The van der Waals surface area contributed by atoms with Gasteiger partial charge < -0.3 is 15.0 Å². The lowest BCUT2D eigenvalue weighted by Crippen LogP contribution is -3.12. The van der Waals surface area contributed by atoms with Crippen molar-refractivity contribution < 1.29 is 22.8 Å². The Labute approximate surface area is 161 Å². The van der Waals surface area contributed by atoms with Crippen molar-refractivity contribution in [2.24, 2.45) is 5.92 Å². The second-order valence-corrected chi connectivity index (χ2v) is 9.18. The van der Waals surface area contributed by atoms with Gasteiger partial charge in [-0.25, -0.2) is 8.42 Å². The Morgan fingerprint density at radius 1 is 1.33 bits per heavy atom. The summed E-state index contributed by atoms with van der Waals surface area (Å²) < 4.78 is 32.7. The number of carbonyl (C=O) groups is 1. The molecular weight excluding hydrogens is 366 g/mol. The number of hydrogen-bond acceptors (Lipinski definition) is 4. The Hall–Kier alpha value is -1.90. The minimum absolute atomic E-state index is 0.136. The van der Waals surface area contributed by atoms with Gasteiger partial charge in [-0.1, -0.05) is 12.2 Å². The molecule has 0 bridgehead atoms. The number of nitrogens with zero attached hydrogens (tertiary/aromatic N) is 1. The molecule has 1 aromatic carbocycles. The topological polar surface area (TPSA) is 80.2 Å². The first-order valence-corrected chi connectivity index (χ1v) is 10.8. The molecule has 0 aromatic heterocycles. The Morgan fingerprint density at radius 3 is 2.70 bits per heavy atom. The molecule has 0 spiro atoms. The van der Waals surface area contributed by atoms with E-state index in [1.54, 1.807) is 6.07 Å². The summed E-state index contributed by atoms with van der Waals surface area (Å²) >= 11 is 0. The van der Waals surface area contributed by atoms with Crippen LogP contribution in [0.25, 0.3) is 0 Å². The predicted molar refractivity (Wildman–Crippen MR) is 103 cm³/mol. The van der Waals surface area contributed by atoms with Crippen LogP contribution >= 0.6 is 0 Å². The fourth-order valence-electron chi connectivity index (χ4n) is 3.51. The van der Waals surface area contributed by atoms with Crippen molar-refractivity contribution in [2.45, 2.75) is 24.2 Å². The fraction of sp³-hybridized carbons (Fsp3) is 0.526. The number of nitrogens with one attached hydrogen (secondary N) is 2. The summed E-state index contributed by atoms with van der Waals surface area (Å²) in [5, 5.41) is 2.83. The molecule has 1 aliphatic carbocycles. The smallest absolute Gasteiger partial charge is 0.243 e. The maximum absolute atomic E-state index is 13.0. The summed E-state index contributed by atoms with van der Waals surface area (Å²) in [7, 11) is -0.0270. The molecule has 27 heavy (non-hydrogen) atoms. The van der Waals surface area contributed by atoms with Gasteiger partial charge in [0.15, 0.2) is 0 Å². The van der Waals surface area contributed by atoms with Crippen molar-refractivity contribution in [1.29, 1.82) is 0 Å². The van der Waals surface area contributed by atoms with E-state index in [2.05, 4.69) is 24.5 Å². The molecule has 7 nitrogen and oxygen atoms in total. The minimum Gasteiger partial charge on any atom is -0.495 e. The molecule has 0 saturated carbocycles. The van der Waals surface area contributed by atoms with Gasteiger partial charge in [0.05, 0.1) is 50.9 Å². The first-order chi connectivity index (χ1) is 12.9. The summed E-state index contributed by atoms with van der Waals surface area (Å²) in [4.78, 5) is 13.9. The highest BCUT2D eigenvalue weighted by Crippen LogP contribution is 2.30. The van der Waals surface area contributed by atoms with Gasteiger partial charge >= 0.3 is 0 Å². The lowest BCUT2D eigenvalue weighted by atomic mass is 10.1. The zero-order chi connectivity index (χ0) is 19.4. The van der Waals surface area contributed by atoms with Crippen molar-refractivity contribution in [2.75, 3.05) is 45.7 Å². The number of likely N-dealkylation sites (N-methyl/N-ethyl adjacent to an activating group) is 1. The van der Waals surface area contributed by atoms with Gasteiger partial charge in [0, 0.05) is 6.42 Å². The third-order valence-electron chi connectivity index (χ3n) is 5.22. The van der Waals surface area contributed by atoms with Crippen LogP contribution < -0.4 is 15.0 Å². The predicted octanol–water partition coefficient (Wildman–Crippen LogP) is 0.509. The van der Waals surface area contributed by atoms with E-state index in [0.29, 0.717) is 30.9 Å². The quantitative estimate of drug-likeness (QED) is 0.689.